The van der Waals surface area contributed by atoms with Crippen molar-refractivity contribution in [1.29, 1.82) is 0 Å². The lowest BCUT2D eigenvalue weighted by atomic mass is 10.0. The summed E-state index contributed by atoms with van der Waals surface area (Å²) in [5, 5.41) is 10.7. The van der Waals surface area contributed by atoms with Crippen LogP contribution in [0.1, 0.15) is 0 Å². The second kappa shape index (κ2) is 8.65. The lowest BCUT2D eigenvalue weighted by molar-refractivity contribution is 1.01. The average molecular weight is 586 g/mol. The fourth-order valence-electron chi connectivity index (χ4n) is 7.83. The second-order valence-corrected chi connectivity index (χ2v) is 12.0. The molecule has 0 spiro atoms. The maximum atomic E-state index is 5.34. The van der Waals surface area contributed by atoms with Gasteiger partial charge in [0.1, 0.15) is 0 Å². The number of benzene rings is 6. The molecule has 0 aliphatic heterocycles. The monoisotopic (exact) mass is 585 g/mol. The molecule has 0 saturated heterocycles. The van der Waals surface area contributed by atoms with Gasteiger partial charge in [0.15, 0.2) is 5.65 Å². The fraction of sp³-hybridized carbons (Fsp3) is 0. The van der Waals surface area contributed by atoms with Crippen LogP contribution < -0.4 is 0 Å². The quantitative estimate of drug-likeness (QED) is 0.203. The molecule has 212 valence electrons. The Labute approximate surface area is 261 Å². The first-order valence-corrected chi connectivity index (χ1v) is 15.6. The minimum absolute atomic E-state index is 0.615. The fourth-order valence-corrected chi connectivity index (χ4v) is 7.83. The van der Waals surface area contributed by atoms with Crippen LogP contribution in [0.25, 0.3) is 98.9 Å². The SMILES string of the molecule is c1ccc(-c2nc(-n3c4ccccc4c4cc5c6ccccc6n6c7c8ccccc8ccc7c(c43)c56)nc3ncccc23)cc1. The van der Waals surface area contributed by atoms with Crippen molar-refractivity contribution in [3.63, 3.8) is 0 Å². The van der Waals surface area contributed by atoms with Crippen molar-refractivity contribution in [3.05, 3.63) is 140 Å². The van der Waals surface area contributed by atoms with E-state index in [1.165, 1.54) is 59.6 Å². The predicted octanol–water partition coefficient (Wildman–Crippen LogP) is 10.1. The molecular weight excluding hydrogens is 562 g/mol. The summed E-state index contributed by atoms with van der Waals surface area (Å²) in [6.45, 7) is 0. The normalized spacial score (nSPS) is 12.3. The standard InChI is InChI=1S/C41H23N5/c1-2-12-25(13-3-1)36-30-17-10-22-42-40(30)44-41(43-36)46-34-19-9-7-16-28(34)32-23-31-27-15-6-8-18-33(27)45-37-26-14-5-4-11-24(26)20-21-29(37)35(38(31)45)39(32)46/h1-23H. The Kier molecular flexibility index (Phi) is 4.52. The van der Waals surface area contributed by atoms with Crippen molar-refractivity contribution in [2.75, 3.05) is 0 Å². The van der Waals surface area contributed by atoms with Crippen LogP contribution >= 0.6 is 0 Å². The Morgan fingerprint density at radius 2 is 1.15 bits per heavy atom. The van der Waals surface area contributed by atoms with Gasteiger partial charge in [0.05, 0.1) is 33.3 Å². The molecule has 5 heterocycles. The van der Waals surface area contributed by atoms with E-state index in [0.29, 0.717) is 11.6 Å². The smallest absolute Gasteiger partial charge is 0.237 e. The summed E-state index contributed by atoms with van der Waals surface area (Å²) in [6, 6.07) is 47.4. The molecule has 5 heteroatoms. The molecule has 0 saturated carbocycles. The predicted molar refractivity (Wildman–Crippen MR) is 189 cm³/mol. The van der Waals surface area contributed by atoms with Crippen LogP contribution in [0.3, 0.4) is 0 Å². The first kappa shape index (κ1) is 24.0. The van der Waals surface area contributed by atoms with Crippen molar-refractivity contribution in [2.45, 2.75) is 0 Å². The zero-order chi connectivity index (χ0) is 29.9. The zero-order valence-corrected chi connectivity index (χ0v) is 24.5. The summed E-state index contributed by atoms with van der Waals surface area (Å²) in [7, 11) is 0. The van der Waals surface area contributed by atoms with E-state index in [4.69, 9.17) is 15.0 Å². The molecule has 0 fully saturated rings. The van der Waals surface area contributed by atoms with Gasteiger partial charge in [-0.05, 0) is 35.7 Å². The second-order valence-electron chi connectivity index (χ2n) is 12.0. The highest BCUT2D eigenvalue weighted by Gasteiger charge is 2.26. The third-order valence-electron chi connectivity index (χ3n) is 9.69. The van der Waals surface area contributed by atoms with Crippen LogP contribution in [0.2, 0.25) is 0 Å². The largest absolute Gasteiger partial charge is 0.307 e. The number of hydrogen-bond acceptors (Lipinski definition) is 3. The molecule has 0 aliphatic carbocycles. The van der Waals surface area contributed by atoms with Crippen LogP contribution in [-0.2, 0) is 0 Å². The summed E-state index contributed by atoms with van der Waals surface area (Å²) < 4.78 is 4.75. The highest BCUT2D eigenvalue weighted by atomic mass is 15.2. The summed E-state index contributed by atoms with van der Waals surface area (Å²) in [5.41, 5.74) is 8.44. The molecule has 5 aromatic heterocycles. The molecular formula is C41H23N5. The highest BCUT2D eigenvalue weighted by Crippen LogP contribution is 2.47. The topological polar surface area (TPSA) is 48.0 Å². The number of para-hydroxylation sites is 2. The Morgan fingerprint density at radius 3 is 2.02 bits per heavy atom. The van der Waals surface area contributed by atoms with E-state index in [-0.39, 0.29) is 0 Å². The van der Waals surface area contributed by atoms with Crippen molar-refractivity contribution < 1.29 is 0 Å². The third kappa shape index (κ3) is 2.97. The van der Waals surface area contributed by atoms with Gasteiger partial charge < -0.3 is 4.40 Å². The van der Waals surface area contributed by atoms with Crippen LogP contribution in [0, 0.1) is 0 Å². The van der Waals surface area contributed by atoms with E-state index in [1.54, 1.807) is 0 Å². The van der Waals surface area contributed by atoms with Gasteiger partial charge >= 0.3 is 0 Å². The van der Waals surface area contributed by atoms with E-state index >= 15 is 0 Å². The number of rotatable bonds is 2. The van der Waals surface area contributed by atoms with Crippen molar-refractivity contribution in [1.82, 2.24) is 23.9 Å². The Balaban J connectivity index is 1.41. The molecule has 46 heavy (non-hydrogen) atoms. The number of hydrogen-bond donors (Lipinski definition) is 0. The van der Waals surface area contributed by atoms with Gasteiger partial charge in [0.2, 0.25) is 5.95 Å². The minimum Gasteiger partial charge on any atom is -0.307 e. The van der Waals surface area contributed by atoms with Gasteiger partial charge in [0, 0.05) is 54.9 Å². The van der Waals surface area contributed by atoms with Gasteiger partial charge in [-0.3, -0.25) is 4.57 Å². The van der Waals surface area contributed by atoms with E-state index in [2.05, 4.69) is 130 Å². The van der Waals surface area contributed by atoms with E-state index < -0.39 is 0 Å². The zero-order valence-electron chi connectivity index (χ0n) is 24.5. The highest BCUT2D eigenvalue weighted by molar-refractivity contribution is 6.36. The average Bonchev–Trinajstić information content (AvgIpc) is 3.76. The Morgan fingerprint density at radius 1 is 0.457 bits per heavy atom. The molecule has 0 unspecified atom stereocenters. The Bertz CT molecular complexity index is 3020. The molecule has 0 radical (unpaired) electrons. The molecule has 6 aromatic carbocycles. The summed E-state index contributed by atoms with van der Waals surface area (Å²) in [4.78, 5) is 15.2. The number of aromatic nitrogens is 5. The lowest BCUT2D eigenvalue weighted by Gasteiger charge is -2.12. The molecule has 11 aromatic rings. The minimum atomic E-state index is 0.615. The van der Waals surface area contributed by atoms with E-state index in [1.807, 2.05) is 18.3 Å². The van der Waals surface area contributed by atoms with Gasteiger partial charge in [-0.15, -0.1) is 0 Å². The molecule has 11 rings (SSSR count). The van der Waals surface area contributed by atoms with E-state index in [0.717, 1.165) is 27.7 Å². The van der Waals surface area contributed by atoms with Crippen LogP contribution in [0.15, 0.2) is 140 Å². The van der Waals surface area contributed by atoms with Gasteiger partial charge in [-0.25, -0.2) is 9.97 Å². The third-order valence-corrected chi connectivity index (χ3v) is 9.69. The molecule has 0 amide bonds. The maximum absolute atomic E-state index is 5.34. The Hall–Kier alpha value is -6.33. The van der Waals surface area contributed by atoms with Crippen LogP contribution in [0.4, 0.5) is 0 Å². The van der Waals surface area contributed by atoms with Crippen LogP contribution in [-0.4, -0.2) is 23.9 Å². The molecule has 0 N–H and O–H groups in total. The molecule has 0 aliphatic rings. The number of nitrogens with zero attached hydrogens (tertiary/aromatic N) is 5. The van der Waals surface area contributed by atoms with Gasteiger partial charge in [0.25, 0.3) is 0 Å². The maximum Gasteiger partial charge on any atom is 0.237 e. The van der Waals surface area contributed by atoms with Gasteiger partial charge in [-0.1, -0.05) is 103 Å². The molecule has 0 bridgehead atoms. The summed E-state index contributed by atoms with van der Waals surface area (Å²) in [6.07, 6.45) is 1.81. The lowest BCUT2D eigenvalue weighted by Crippen LogP contribution is -2.04. The number of fused-ring (bicyclic) bond motifs is 13. The van der Waals surface area contributed by atoms with Crippen molar-refractivity contribution in [3.8, 4) is 17.2 Å². The van der Waals surface area contributed by atoms with Crippen LogP contribution in [0.5, 0.6) is 0 Å². The summed E-state index contributed by atoms with van der Waals surface area (Å²) >= 11 is 0. The number of pyridine rings is 1. The van der Waals surface area contributed by atoms with E-state index in [9.17, 15) is 0 Å². The van der Waals surface area contributed by atoms with Gasteiger partial charge in [-0.2, -0.15) is 4.98 Å². The molecule has 5 nitrogen and oxygen atoms in total. The van der Waals surface area contributed by atoms with Crippen molar-refractivity contribution >= 4 is 81.7 Å². The van der Waals surface area contributed by atoms with Crippen molar-refractivity contribution in [2.24, 2.45) is 0 Å². The molecule has 0 atom stereocenters. The first-order chi connectivity index (χ1) is 22.8. The first-order valence-electron chi connectivity index (χ1n) is 15.6. The summed E-state index contributed by atoms with van der Waals surface area (Å²) in [5.74, 6) is 0.615.